The van der Waals surface area contributed by atoms with Gasteiger partial charge in [-0.1, -0.05) is 74.5 Å². The van der Waals surface area contributed by atoms with Gasteiger partial charge in [0, 0.05) is 18.4 Å². The maximum atomic E-state index is 13.2. The third kappa shape index (κ3) is 8.47. The summed E-state index contributed by atoms with van der Waals surface area (Å²) >= 11 is 0. The van der Waals surface area contributed by atoms with E-state index in [1.807, 2.05) is 62.4 Å². The summed E-state index contributed by atoms with van der Waals surface area (Å²) in [7, 11) is 0. The molecule has 236 valence electrons. The molecule has 0 saturated carbocycles. The first kappa shape index (κ1) is 32.7. The van der Waals surface area contributed by atoms with E-state index < -0.39 is 36.1 Å². The van der Waals surface area contributed by atoms with Gasteiger partial charge in [0.1, 0.15) is 19.3 Å². The predicted octanol–water partition coefficient (Wildman–Crippen LogP) is 3.82. The van der Waals surface area contributed by atoms with Gasteiger partial charge in [-0.2, -0.15) is 0 Å². The molecule has 0 aromatic heterocycles. The molecule has 0 bridgehead atoms. The van der Waals surface area contributed by atoms with Crippen molar-refractivity contribution in [2.75, 3.05) is 19.8 Å². The molecule has 4 rings (SSSR count). The van der Waals surface area contributed by atoms with Crippen LogP contribution in [-0.2, 0) is 23.9 Å². The zero-order valence-corrected chi connectivity index (χ0v) is 25.6. The van der Waals surface area contributed by atoms with Crippen LogP contribution in [0.3, 0.4) is 0 Å². The molecule has 10 nitrogen and oxygen atoms in total. The highest BCUT2D eigenvalue weighted by Crippen LogP contribution is 2.44. The second-order valence-corrected chi connectivity index (χ2v) is 11.8. The van der Waals surface area contributed by atoms with Gasteiger partial charge in [-0.05, 0) is 54.4 Å². The van der Waals surface area contributed by atoms with Gasteiger partial charge in [0.25, 0.3) is 0 Å². The van der Waals surface area contributed by atoms with Crippen molar-refractivity contribution in [1.82, 2.24) is 16.0 Å². The molecule has 3 amide bonds. The topological polar surface area (TPSA) is 143 Å². The number of aliphatic hydroxyl groups excluding tert-OH is 1. The number of carbonyl (C=O) groups is 4. The van der Waals surface area contributed by atoms with Gasteiger partial charge in [0.05, 0.1) is 18.6 Å². The number of alkyl carbamates (subject to hydrolysis) is 1. The normalized spacial score (nSPS) is 21.4. The lowest BCUT2D eigenvalue weighted by molar-refractivity contribution is -0.148. The van der Waals surface area contributed by atoms with Crippen molar-refractivity contribution < 1.29 is 33.8 Å². The summed E-state index contributed by atoms with van der Waals surface area (Å²) in [6.45, 7) is 5.31. The molecule has 2 aliphatic rings. The maximum Gasteiger partial charge on any atom is 0.407 e. The van der Waals surface area contributed by atoms with Crippen molar-refractivity contribution in [1.29, 1.82) is 0 Å². The SMILES string of the molecule is CC(C)[C@H]1COC(=O)[C@@H](NC(=O)OCC2c3ccccc3-c3ccccc32)CCC=CC[C@H](CC(=O)N[C@@H](C)CO)C(=O)N1. The van der Waals surface area contributed by atoms with Crippen LogP contribution in [-0.4, -0.2) is 66.9 Å². The molecule has 2 aromatic carbocycles. The molecule has 44 heavy (non-hydrogen) atoms. The fourth-order valence-corrected chi connectivity index (χ4v) is 5.53. The maximum absolute atomic E-state index is 13.2. The van der Waals surface area contributed by atoms with Crippen molar-refractivity contribution in [3.05, 3.63) is 71.8 Å². The second-order valence-electron chi connectivity index (χ2n) is 11.8. The first-order chi connectivity index (χ1) is 21.2. The smallest absolute Gasteiger partial charge is 0.407 e. The molecule has 0 spiro atoms. The van der Waals surface area contributed by atoms with Crippen LogP contribution >= 0.6 is 0 Å². The van der Waals surface area contributed by atoms with Crippen LogP contribution in [0.4, 0.5) is 4.79 Å². The average molecular weight is 606 g/mol. The van der Waals surface area contributed by atoms with E-state index >= 15 is 0 Å². The summed E-state index contributed by atoms with van der Waals surface area (Å²) in [5.41, 5.74) is 4.43. The molecule has 4 N–H and O–H groups in total. The van der Waals surface area contributed by atoms with E-state index in [-0.39, 0.29) is 56.3 Å². The molecule has 1 heterocycles. The molecule has 1 aliphatic heterocycles. The van der Waals surface area contributed by atoms with Crippen LogP contribution in [0.15, 0.2) is 60.7 Å². The second kappa shape index (κ2) is 15.5. The molecule has 0 radical (unpaired) electrons. The summed E-state index contributed by atoms with van der Waals surface area (Å²) in [4.78, 5) is 51.7. The molecule has 1 aliphatic carbocycles. The quantitative estimate of drug-likeness (QED) is 0.265. The number of aliphatic hydroxyl groups is 1. The van der Waals surface area contributed by atoms with Crippen LogP contribution in [0.1, 0.15) is 63.5 Å². The number of allylic oxidation sites excluding steroid dienone is 2. The number of fused-ring (bicyclic) bond motifs is 3. The molecule has 10 heteroatoms. The third-order valence-electron chi connectivity index (χ3n) is 8.15. The molecular weight excluding hydrogens is 562 g/mol. The highest BCUT2D eigenvalue weighted by molar-refractivity contribution is 5.86. The minimum Gasteiger partial charge on any atom is -0.462 e. The molecule has 2 aromatic rings. The largest absolute Gasteiger partial charge is 0.462 e. The number of benzene rings is 2. The lowest BCUT2D eigenvalue weighted by atomic mass is 9.97. The van der Waals surface area contributed by atoms with E-state index in [4.69, 9.17) is 9.47 Å². The van der Waals surface area contributed by atoms with Crippen LogP contribution in [0.5, 0.6) is 0 Å². The van der Waals surface area contributed by atoms with Crippen molar-refractivity contribution in [3.63, 3.8) is 0 Å². The third-order valence-corrected chi connectivity index (χ3v) is 8.15. The molecule has 0 unspecified atom stereocenters. The minimum absolute atomic E-state index is 0.0446. The number of hydrogen-bond donors (Lipinski definition) is 4. The molecule has 0 fully saturated rings. The van der Waals surface area contributed by atoms with E-state index in [1.165, 1.54) is 0 Å². The zero-order chi connectivity index (χ0) is 31.6. The van der Waals surface area contributed by atoms with Gasteiger partial charge in [0.2, 0.25) is 11.8 Å². The number of amides is 3. The van der Waals surface area contributed by atoms with E-state index in [1.54, 1.807) is 6.92 Å². The monoisotopic (exact) mass is 605 g/mol. The van der Waals surface area contributed by atoms with Gasteiger partial charge >= 0.3 is 12.1 Å². The summed E-state index contributed by atoms with van der Waals surface area (Å²) in [6.07, 6.45) is 3.90. The van der Waals surface area contributed by atoms with E-state index in [9.17, 15) is 24.3 Å². The van der Waals surface area contributed by atoms with E-state index in [0.29, 0.717) is 12.8 Å². The first-order valence-electron chi connectivity index (χ1n) is 15.3. The van der Waals surface area contributed by atoms with Gasteiger partial charge in [-0.25, -0.2) is 9.59 Å². The zero-order valence-electron chi connectivity index (χ0n) is 25.6. The molecular formula is C34H43N3O7. The van der Waals surface area contributed by atoms with Crippen molar-refractivity contribution in [2.45, 2.75) is 70.5 Å². The van der Waals surface area contributed by atoms with Crippen LogP contribution < -0.4 is 16.0 Å². The fraction of sp³-hybridized carbons (Fsp3) is 0.471. The Morgan fingerprint density at radius 1 is 1.02 bits per heavy atom. The number of hydrogen-bond acceptors (Lipinski definition) is 7. The van der Waals surface area contributed by atoms with Crippen LogP contribution in [0, 0.1) is 11.8 Å². The Bertz CT molecular complexity index is 1310. The first-order valence-corrected chi connectivity index (χ1v) is 15.3. The van der Waals surface area contributed by atoms with Crippen molar-refractivity contribution in [2.24, 2.45) is 11.8 Å². The molecule has 0 saturated heterocycles. The van der Waals surface area contributed by atoms with Gasteiger partial charge in [-0.15, -0.1) is 0 Å². The lowest BCUT2D eigenvalue weighted by Gasteiger charge is -2.26. The van der Waals surface area contributed by atoms with Crippen molar-refractivity contribution >= 4 is 23.9 Å². The number of rotatable bonds is 8. The Labute approximate surface area is 258 Å². The van der Waals surface area contributed by atoms with Gasteiger partial charge in [-0.3, -0.25) is 9.59 Å². The van der Waals surface area contributed by atoms with Crippen molar-refractivity contribution in [3.8, 4) is 11.1 Å². The summed E-state index contributed by atoms with van der Waals surface area (Å²) in [5.74, 6) is -2.07. The Balaban J connectivity index is 1.40. The number of ether oxygens (including phenoxy) is 2. The summed E-state index contributed by atoms with van der Waals surface area (Å²) in [6, 6.07) is 14.3. The highest BCUT2D eigenvalue weighted by Gasteiger charge is 2.31. The number of carbonyl (C=O) groups excluding carboxylic acids is 4. The Kier molecular flexibility index (Phi) is 11.5. The van der Waals surface area contributed by atoms with E-state index in [2.05, 4.69) is 28.1 Å². The Morgan fingerprint density at radius 3 is 2.32 bits per heavy atom. The Morgan fingerprint density at radius 2 is 1.68 bits per heavy atom. The van der Waals surface area contributed by atoms with Crippen LogP contribution in [0.2, 0.25) is 0 Å². The fourth-order valence-electron chi connectivity index (χ4n) is 5.53. The standard InChI is InChI=1S/C34H43N3O7/c1-21(2)30-20-43-33(41)29(16-6-4-5-11-23(32(40)36-30)17-31(39)35-22(3)18-38)37-34(42)44-19-28-26-14-9-7-12-24(26)25-13-8-10-15-27(25)28/h4-5,7-10,12-15,21-23,28-30,38H,6,11,16-20H2,1-3H3,(H,35,39)(H,36,40)(H,37,42)/t22-,23+,29-,30+/m0/s1. The minimum atomic E-state index is -0.943. The van der Waals surface area contributed by atoms with E-state index in [0.717, 1.165) is 22.3 Å². The highest BCUT2D eigenvalue weighted by atomic mass is 16.6. The number of esters is 1. The summed E-state index contributed by atoms with van der Waals surface area (Å²) in [5, 5.41) is 17.5. The predicted molar refractivity (Wildman–Crippen MR) is 166 cm³/mol. The average Bonchev–Trinajstić information content (AvgIpc) is 3.33. The number of nitrogens with one attached hydrogen (secondary N) is 3. The van der Waals surface area contributed by atoms with Crippen LogP contribution in [0.25, 0.3) is 11.1 Å². The summed E-state index contributed by atoms with van der Waals surface area (Å²) < 4.78 is 11.2. The lowest BCUT2D eigenvalue weighted by Crippen LogP contribution is -2.48. The number of cyclic esters (lactones) is 1. The van der Waals surface area contributed by atoms with Gasteiger partial charge in [0.15, 0.2) is 0 Å². The molecule has 4 atom stereocenters. The van der Waals surface area contributed by atoms with Gasteiger partial charge < -0.3 is 30.5 Å². The Hall–Kier alpha value is -4.18.